The van der Waals surface area contributed by atoms with Crippen LogP contribution in [0.4, 0.5) is 0 Å². The average Bonchev–Trinajstić information content (AvgIpc) is 3.04. The summed E-state index contributed by atoms with van der Waals surface area (Å²) in [6.07, 6.45) is 6.28. The fourth-order valence-corrected chi connectivity index (χ4v) is 3.87. The highest BCUT2D eigenvalue weighted by Crippen LogP contribution is 2.40. The van der Waals surface area contributed by atoms with E-state index >= 15 is 0 Å². The van der Waals surface area contributed by atoms with Gasteiger partial charge in [0.2, 0.25) is 5.91 Å². The van der Waals surface area contributed by atoms with Gasteiger partial charge in [-0.2, -0.15) is 0 Å². The lowest BCUT2D eigenvalue weighted by molar-refractivity contribution is -0.137. The van der Waals surface area contributed by atoms with Gasteiger partial charge in [0, 0.05) is 47.5 Å². The minimum atomic E-state index is -0.863. The summed E-state index contributed by atoms with van der Waals surface area (Å²) < 4.78 is 11.8. The quantitative estimate of drug-likeness (QED) is 0.555. The molecule has 0 saturated heterocycles. The van der Waals surface area contributed by atoms with Crippen molar-refractivity contribution in [3.8, 4) is 5.75 Å². The predicted molar refractivity (Wildman–Crippen MR) is 108 cm³/mol. The molecule has 6 nitrogen and oxygen atoms in total. The molecule has 3 rings (SSSR count). The number of carboxylic acids is 1. The fraction of sp³-hybridized carbons (Fsp3) is 0.455. The number of carbonyl (C=O) groups excluding carboxylic acids is 1. The molecule has 1 aromatic carbocycles. The monoisotopic (exact) mass is 385 g/mol. The van der Waals surface area contributed by atoms with Crippen molar-refractivity contribution < 1.29 is 23.8 Å². The van der Waals surface area contributed by atoms with E-state index in [-0.39, 0.29) is 12.3 Å². The Labute approximate surface area is 164 Å². The van der Waals surface area contributed by atoms with E-state index in [4.69, 9.17) is 14.3 Å². The van der Waals surface area contributed by atoms with Gasteiger partial charge >= 0.3 is 5.97 Å². The normalized spacial score (nSPS) is 14.0. The molecule has 1 aliphatic carbocycles. The van der Waals surface area contributed by atoms with Crippen molar-refractivity contribution in [2.45, 2.75) is 52.4 Å². The van der Waals surface area contributed by atoms with E-state index in [9.17, 15) is 9.59 Å². The summed E-state index contributed by atoms with van der Waals surface area (Å²) in [5.74, 6) is 0.683. The predicted octanol–water partition coefficient (Wildman–Crippen LogP) is 4.01. The van der Waals surface area contributed by atoms with Crippen molar-refractivity contribution in [3.63, 3.8) is 0 Å². The first kappa shape index (κ1) is 20.0. The van der Waals surface area contributed by atoms with Crippen molar-refractivity contribution in [2.75, 3.05) is 13.7 Å². The maximum Gasteiger partial charge on any atom is 0.303 e. The molecule has 0 saturated carbocycles. The van der Waals surface area contributed by atoms with Crippen LogP contribution in [-0.2, 0) is 22.4 Å². The third-order valence-electron chi connectivity index (χ3n) is 5.27. The van der Waals surface area contributed by atoms with Crippen LogP contribution in [0.15, 0.2) is 16.6 Å². The maximum absolute atomic E-state index is 12.2. The number of hydrogen-bond donors (Lipinski definition) is 2. The van der Waals surface area contributed by atoms with Crippen molar-refractivity contribution in [1.29, 1.82) is 0 Å². The SMILES string of the molecule is COc1c(/C(C)=C/C(=O)NCCCC(=O)O)cc2c3c(oc2c1C)CCCC3. The molecular weight excluding hydrogens is 358 g/mol. The summed E-state index contributed by atoms with van der Waals surface area (Å²) in [6, 6.07) is 2.07. The van der Waals surface area contributed by atoms with Gasteiger partial charge in [0.25, 0.3) is 0 Å². The number of amides is 1. The lowest BCUT2D eigenvalue weighted by Crippen LogP contribution is -2.23. The lowest BCUT2D eigenvalue weighted by atomic mass is 9.93. The largest absolute Gasteiger partial charge is 0.496 e. The highest BCUT2D eigenvalue weighted by molar-refractivity contribution is 5.98. The van der Waals surface area contributed by atoms with Crippen LogP contribution in [0.3, 0.4) is 0 Å². The molecule has 1 aromatic heterocycles. The molecule has 1 amide bonds. The smallest absolute Gasteiger partial charge is 0.303 e. The number of benzene rings is 1. The standard InChI is InChI=1S/C22H27NO5/c1-13(11-19(24)23-10-6-9-20(25)26)16-12-17-15-7-4-5-8-18(15)28-22(17)14(2)21(16)27-3/h11-12H,4-10H2,1-3H3,(H,23,24)(H,25,26)/b13-11+. The number of hydrogen-bond acceptors (Lipinski definition) is 4. The van der Waals surface area contributed by atoms with E-state index in [0.29, 0.717) is 18.7 Å². The number of furan rings is 1. The van der Waals surface area contributed by atoms with Gasteiger partial charge in [0.15, 0.2) is 0 Å². The number of carbonyl (C=O) groups is 2. The van der Waals surface area contributed by atoms with E-state index < -0.39 is 5.97 Å². The van der Waals surface area contributed by atoms with Crippen LogP contribution in [0.1, 0.15) is 55.1 Å². The van der Waals surface area contributed by atoms with Crippen LogP contribution < -0.4 is 10.1 Å². The molecule has 0 spiro atoms. The highest BCUT2D eigenvalue weighted by atomic mass is 16.5. The molecule has 6 heteroatoms. The minimum Gasteiger partial charge on any atom is -0.496 e. The Morgan fingerprint density at radius 2 is 2.07 bits per heavy atom. The van der Waals surface area contributed by atoms with Crippen LogP contribution in [-0.4, -0.2) is 30.6 Å². The first-order chi connectivity index (χ1) is 13.4. The molecule has 0 radical (unpaired) electrons. The third-order valence-corrected chi connectivity index (χ3v) is 5.27. The van der Waals surface area contributed by atoms with E-state index in [0.717, 1.165) is 59.1 Å². The Morgan fingerprint density at radius 1 is 1.32 bits per heavy atom. The van der Waals surface area contributed by atoms with Crippen LogP contribution in [0.2, 0.25) is 0 Å². The second-order valence-corrected chi connectivity index (χ2v) is 7.29. The molecule has 1 aliphatic rings. The Hall–Kier alpha value is -2.76. The van der Waals surface area contributed by atoms with Crippen LogP contribution in [0.5, 0.6) is 5.75 Å². The van der Waals surface area contributed by atoms with E-state index in [2.05, 4.69) is 11.4 Å². The van der Waals surface area contributed by atoms with Gasteiger partial charge in [-0.3, -0.25) is 9.59 Å². The van der Waals surface area contributed by atoms with Gasteiger partial charge < -0.3 is 19.6 Å². The number of allylic oxidation sites excluding steroid dienone is 1. The third kappa shape index (κ3) is 4.06. The van der Waals surface area contributed by atoms with Gasteiger partial charge in [0.05, 0.1) is 7.11 Å². The summed E-state index contributed by atoms with van der Waals surface area (Å²) in [4.78, 5) is 22.8. The number of carboxylic acid groups (broad SMARTS) is 1. The fourth-order valence-electron chi connectivity index (χ4n) is 3.87. The average molecular weight is 385 g/mol. The molecule has 0 bridgehead atoms. The van der Waals surface area contributed by atoms with Gasteiger partial charge in [-0.15, -0.1) is 0 Å². The Morgan fingerprint density at radius 3 is 2.79 bits per heavy atom. The molecule has 150 valence electrons. The summed E-state index contributed by atoms with van der Waals surface area (Å²) in [7, 11) is 1.62. The van der Waals surface area contributed by atoms with Crippen molar-refractivity contribution in [1.82, 2.24) is 5.32 Å². The summed E-state index contributed by atoms with van der Waals surface area (Å²) in [5, 5.41) is 12.5. The minimum absolute atomic E-state index is 0.0399. The molecule has 0 fully saturated rings. The molecule has 2 aromatic rings. The van der Waals surface area contributed by atoms with Gasteiger partial charge in [0.1, 0.15) is 17.1 Å². The number of rotatable bonds is 7. The Balaban J connectivity index is 1.90. The number of aryl methyl sites for hydroxylation is 3. The number of fused-ring (bicyclic) bond motifs is 3. The van der Waals surface area contributed by atoms with Crippen LogP contribution in [0, 0.1) is 6.92 Å². The van der Waals surface area contributed by atoms with Crippen LogP contribution in [0.25, 0.3) is 16.5 Å². The number of methoxy groups -OCH3 is 1. The zero-order chi connectivity index (χ0) is 20.3. The van der Waals surface area contributed by atoms with E-state index in [1.807, 2.05) is 13.8 Å². The van der Waals surface area contributed by atoms with Crippen molar-refractivity contribution >= 4 is 28.4 Å². The highest BCUT2D eigenvalue weighted by Gasteiger charge is 2.23. The first-order valence-corrected chi connectivity index (χ1v) is 9.72. The maximum atomic E-state index is 12.2. The van der Waals surface area contributed by atoms with Gasteiger partial charge in [-0.25, -0.2) is 0 Å². The van der Waals surface area contributed by atoms with Gasteiger partial charge in [-0.05, 0) is 51.2 Å². The molecule has 0 aliphatic heterocycles. The second-order valence-electron chi connectivity index (χ2n) is 7.29. The van der Waals surface area contributed by atoms with Gasteiger partial charge in [-0.1, -0.05) is 0 Å². The Kier molecular flexibility index (Phi) is 6.07. The Bertz CT molecular complexity index is 938. The molecule has 1 heterocycles. The number of aliphatic carboxylic acids is 1. The van der Waals surface area contributed by atoms with E-state index in [1.165, 1.54) is 11.6 Å². The number of ether oxygens (including phenoxy) is 1. The molecule has 28 heavy (non-hydrogen) atoms. The lowest BCUT2D eigenvalue weighted by Gasteiger charge is -2.13. The topological polar surface area (TPSA) is 88.8 Å². The van der Waals surface area contributed by atoms with Crippen LogP contribution >= 0.6 is 0 Å². The van der Waals surface area contributed by atoms with Crippen molar-refractivity contribution in [2.24, 2.45) is 0 Å². The molecule has 0 atom stereocenters. The first-order valence-electron chi connectivity index (χ1n) is 9.72. The zero-order valence-corrected chi connectivity index (χ0v) is 16.7. The van der Waals surface area contributed by atoms with E-state index in [1.54, 1.807) is 7.11 Å². The summed E-state index contributed by atoms with van der Waals surface area (Å²) >= 11 is 0. The van der Waals surface area contributed by atoms with Crippen molar-refractivity contribution in [3.05, 3.63) is 34.6 Å². The molecule has 2 N–H and O–H groups in total. The molecular formula is C22H27NO5. The zero-order valence-electron chi connectivity index (χ0n) is 16.7. The summed E-state index contributed by atoms with van der Waals surface area (Å²) in [5.41, 5.74) is 4.77. The molecule has 0 unspecified atom stereocenters. The number of nitrogens with one attached hydrogen (secondary N) is 1. The second kappa shape index (κ2) is 8.50. The summed E-state index contributed by atoms with van der Waals surface area (Å²) in [6.45, 7) is 4.20.